The van der Waals surface area contributed by atoms with Crippen molar-refractivity contribution in [3.63, 3.8) is 0 Å². The van der Waals surface area contributed by atoms with Gasteiger partial charge < -0.3 is 0 Å². The molecule has 4 nitrogen and oxygen atoms in total. The minimum Gasteiger partial charge on any atom is -0.241 e. The largest absolute Gasteiger partial charge is 0.416 e. The molecule has 0 amide bonds. The van der Waals surface area contributed by atoms with Gasteiger partial charge in [0.05, 0.1) is 9.79 Å². The van der Waals surface area contributed by atoms with Gasteiger partial charge in [-0.25, -0.2) is 34.8 Å². The highest BCUT2D eigenvalue weighted by molar-refractivity contribution is 7.91. The Kier molecular flexibility index (Phi) is 14.6. The van der Waals surface area contributed by atoms with Gasteiger partial charge in [-0.1, -0.05) is 0 Å². The lowest BCUT2D eigenvalue weighted by atomic mass is 10.4. The van der Waals surface area contributed by atoms with E-state index in [0.29, 0.717) is 0 Å². The van der Waals surface area contributed by atoms with Crippen LogP contribution in [0, 0.1) is 11.6 Å². The zero-order chi connectivity index (χ0) is 25.6. The van der Waals surface area contributed by atoms with Crippen LogP contribution in [0.4, 0.5) is 43.4 Å². The van der Waals surface area contributed by atoms with Crippen molar-refractivity contribution >= 4 is 20.1 Å². The summed E-state index contributed by atoms with van der Waals surface area (Å²) in [5.74, 6) is -1.15. The minimum atomic E-state index is -4.69. The maximum atomic E-state index is 12.3. The van der Waals surface area contributed by atoms with E-state index in [2.05, 4.69) is 0 Å². The third kappa shape index (κ3) is 15.4. The molecule has 184 valence electrons. The second-order valence-corrected chi connectivity index (χ2v) is 8.19. The lowest BCUT2D eigenvalue weighted by molar-refractivity contribution is -0.142. The Morgan fingerprint density at radius 1 is 0.656 bits per heavy atom. The fourth-order valence-corrected chi connectivity index (χ4v) is 2.44. The summed E-state index contributed by atoms with van der Waals surface area (Å²) < 4.78 is 151. The van der Waals surface area contributed by atoms with E-state index in [-0.39, 0.29) is 4.90 Å². The van der Waals surface area contributed by atoms with E-state index in [1.165, 1.54) is 0 Å². The molecule has 0 fully saturated rings. The molecule has 0 N–H and O–H groups in total. The monoisotopic (exact) mass is 524 g/mol. The number of sulfone groups is 1. The van der Waals surface area contributed by atoms with Crippen LogP contribution in [-0.2, 0) is 20.1 Å². The van der Waals surface area contributed by atoms with Crippen LogP contribution in [0.25, 0.3) is 0 Å². The van der Waals surface area contributed by atoms with Crippen molar-refractivity contribution < 1.29 is 60.2 Å². The maximum absolute atomic E-state index is 12.3. The van der Waals surface area contributed by atoms with Crippen LogP contribution in [0.3, 0.4) is 0 Å². The smallest absolute Gasteiger partial charge is 0.241 e. The van der Waals surface area contributed by atoms with Crippen molar-refractivity contribution in [3.8, 4) is 0 Å². The predicted octanol–water partition coefficient (Wildman–Crippen LogP) is 5.41. The Bertz CT molecular complexity index is 975. The lowest BCUT2D eigenvalue weighted by Gasteiger charge is -1.97. The highest BCUT2D eigenvalue weighted by atomic mass is 32.3. The molecule has 0 unspecified atom stereocenters. The molecule has 32 heavy (non-hydrogen) atoms. The first-order valence-corrected chi connectivity index (χ1v) is 10.6. The third-order valence-corrected chi connectivity index (χ3v) is 4.68. The van der Waals surface area contributed by atoms with Crippen LogP contribution in [0.5, 0.6) is 0 Å². The zero-order valence-corrected chi connectivity index (χ0v) is 17.1. The Hall–Kier alpha value is -2.36. The van der Waals surface area contributed by atoms with Gasteiger partial charge in [-0.3, -0.25) is 0 Å². The first kappa shape index (κ1) is 31.8. The molecule has 0 saturated carbocycles. The topological polar surface area (TPSA) is 68.3 Å². The van der Waals surface area contributed by atoms with Gasteiger partial charge in [0, 0.05) is 0 Å². The van der Waals surface area contributed by atoms with Gasteiger partial charge in [-0.05, 0) is 48.5 Å². The van der Waals surface area contributed by atoms with E-state index >= 15 is 0 Å². The Morgan fingerprint density at radius 3 is 1.16 bits per heavy atom. The lowest BCUT2D eigenvalue weighted by Crippen LogP contribution is -2.08. The third-order valence-electron chi connectivity index (χ3n) is 2.56. The standard InChI is InChI=1S/C7H6F2O2S.C6H4F2O2S.C2H2F4.CH2F2/c8-5-12(10,11)7-3-1-6(9)2-4-7;7-5-1-3-6(4-2-5)11(8,9)10;3-1-2(4,5)6;2-1-3/h1-4H,5H2;1-4H;1H2;1H2. The molecule has 16 heteroatoms. The molecule has 2 aromatic carbocycles. The number of benzene rings is 2. The minimum absolute atomic E-state index is 0.202. The second-order valence-electron chi connectivity index (χ2n) is 4.92. The van der Waals surface area contributed by atoms with E-state index in [1.54, 1.807) is 0 Å². The number of alkyl halides is 7. The van der Waals surface area contributed by atoms with Crippen molar-refractivity contribution in [2.45, 2.75) is 16.0 Å². The highest BCUT2D eigenvalue weighted by Gasteiger charge is 2.26. The number of hydrogen-bond acceptors (Lipinski definition) is 4. The van der Waals surface area contributed by atoms with E-state index in [0.717, 1.165) is 48.5 Å². The van der Waals surface area contributed by atoms with Crippen molar-refractivity contribution in [3.05, 3.63) is 60.2 Å². The molecule has 0 radical (unpaired) electrons. The van der Waals surface area contributed by atoms with Crippen LogP contribution >= 0.6 is 0 Å². The molecule has 2 rings (SSSR count). The summed E-state index contributed by atoms with van der Waals surface area (Å²) in [6.07, 6.45) is -4.62. The Balaban J connectivity index is 0. The summed E-state index contributed by atoms with van der Waals surface area (Å²) in [5, 5.41) is 0. The molecular weight excluding hydrogens is 510 g/mol. The van der Waals surface area contributed by atoms with E-state index in [4.69, 9.17) is 0 Å². The summed E-state index contributed by atoms with van der Waals surface area (Å²) in [4.78, 5) is -0.731. The SMILES string of the molecule is FCC(F)(F)F.FCF.O=S(=O)(CF)c1ccc(F)cc1.O=S(=O)(F)c1ccc(F)cc1. The molecule has 0 atom stereocenters. The molecule has 0 saturated heterocycles. The Morgan fingerprint density at radius 2 is 0.938 bits per heavy atom. The van der Waals surface area contributed by atoms with Crippen LogP contribution in [0.15, 0.2) is 58.3 Å². The molecule has 0 aliphatic heterocycles. The highest BCUT2D eigenvalue weighted by Crippen LogP contribution is 2.14. The van der Waals surface area contributed by atoms with Crippen LogP contribution < -0.4 is 0 Å². The van der Waals surface area contributed by atoms with Crippen LogP contribution in [0.2, 0.25) is 0 Å². The van der Waals surface area contributed by atoms with Crippen molar-refractivity contribution in [1.82, 2.24) is 0 Å². The molecule has 2 aromatic rings. The van der Waals surface area contributed by atoms with E-state index < -0.39 is 62.4 Å². The Labute approximate surface area is 176 Å². The molecule has 0 aliphatic rings. The van der Waals surface area contributed by atoms with Crippen molar-refractivity contribution in [1.29, 1.82) is 0 Å². The fraction of sp³-hybridized carbons (Fsp3) is 0.250. The van der Waals surface area contributed by atoms with Gasteiger partial charge in [-0.15, -0.1) is 3.89 Å². The zero-order valence-electron chi connectivity index (χ0n) is 15.5. The van der Waals surface area contributed by atoms with Crippen molar-refractivity contribution in [2.24, 2.45) is 0 Å². The molecule has 0 heterocycles. The van der Waals surface area contributed by atoms with Gasteiger partial charge in [0.25, 0.3) is 0 Å². The molecular formula is C16H14F10O4S2. The van der Waals surface area contributed by atoms with Crippen LogP contribution in [0.1, 0.15) is 0 Å². The molecule has 0 bridgehead atoms. The molecule has 0 spiro atoms. The number of rotatable bonds is 3. The van der Waals surface area contributed by atoms with E-state index in [9.17, 15) is 60.2 Å². The summed E-state index contributed by atoms with van der Waals surface area (Å²) >= 11 is 0. The van der Waals surface area contributed by atoms with E-state index in [1.807, 2.05) is 0 Å². The average molecular weight is 524 g/mol. The van der Waals surface area contributed by atoms with Gasteiger partial charge in [0.1, 0.15) is 11.6 Å². The number of halogens is 10. The van der Waals surface area contributed by atoms with Crippen molar-refractivity contribution in [2.75, 3.05) is 19.6 Å². The quantitative estimate of drug-likeness (QED) is 0.306. The summed E-state index contributed by atoms with van der Waals surface area (Å²) in [5.41, 5.74) is 0. The van der Waals surface area contributed by atoms with Gasteiger partial charge in [0.15, 0.2) is 12.7 Å². The normalized spacial score (nSPS) is 11.1. The maximum Gasteiger partial charge on any atom is 0.416 e. The first-order chi connectivity index (χ1) is 14.5. The number of hydrogen-bond donors (Lipinski definition) is 0. The summed E-state index contributed by atoms with van der Waals surface area (Å²) in [6.45, 7) is -3.98. The predicted molar refractivity (Wildman–Crippen MR) is 93.4 cm³/mol. The molecule has 0 aliphatic carbocycles. The second kappa shape index (κ2) is 14.7. The van der Waals surface area contributed by atoms with Gasteiger partial charge in [-0.2, -0.15) is 21.6 Å². The fourth-order valence-electron chi connectivity index (χ4n) is 1.30. The molecule has 0 aromatic heterocycles. The summed E-state index contributed by atoms with van der Waals surface area (Å²) in [7, 11) is -8.53. The van der Waals surface area contributed by atoms with Gasteiger partial charge >= 0.3 is 16.4 Å². The first-order valence-electron chi connectivity index (χ1n) is 7.53. The average Bonchev–Trinajstić information content (AvgIpc) is 2.69. The van der Waals surface area contributed by atoms with Gasteiger partial charge in [0.2, 0.25) is 16.8 Å². The van der Waals surface area contributed by atoms with Crippen LogP contribution in [-0.4, -0.2) is 42.6 Å². The summed E-state index contributed by atoms with van der Waals surface area (Å²) in [6, 6.07) is 6.05.